The van der Waals surface area contributed by atoms with Crippen LogP contribution in [-0.4, -0.2) is 31.2 Å². The van der Waals surface area contributed by atoms with Crippen LogP contribution in [0.4, 0.5) is 5.69 Å². The molecule has 0 saturated carbocycles. The second-order valence-corrected chi connectivity index (χ2v) is 9.19. The van der Waals surface area contributed by atoms with E-state index in [1.54, 1.807) is 11.3 Å². The maximum atomic E-state index is 4.65. The predicted octanol–water partition coefficient (Wildman–Crippen LogP) is 6.72. The maximum Gasteiger partial charge on any atom is 0.116 e. The van der Waals surface area contributed by atoms with Crippen molar-refractivity contribution in [2.45, 2.75) is 19.9 Å². The number of thiophene rings is 1. The van der Waals surface area contributed by atoms with Gasteiger partial charge in [-0.25, -0.2) is 0 Å². The van der Waals surface area contributed by atoms with E-state index in [-0.39, 0.29) is 0 Å². The number of fused-ring (bicyclic) bond motifs is 2. The molecule has 6 aromatic rings. The zero-order chi connectivity index (χ0) is 22.4. The molecule has 7 heteroatoms. The largest absolute Gasteiger partial charge is 0.382 e. The number of aromatic amines is 2. The van der Waals surface area contributed by atoms with Crippen molar-refractivity contribution in [3.63, 3.8) is 0 Å². The van der Waals surface area contributed by atoms with Crippen molar-refractivity contribution in [1.29, 1.82) is 0 Å². The van der Waals surface area contributed by atoms with E-state index in [0.717, 1.165) is 44.8 Å². The summed E-state index contributed by atoms with van der Waals surface area (Å²) >= 11 is 1.71. The molecule has 0 bridgehead atoms. The van der Waals surface area contributed by atoms with Crippen molar-refractivity contribution in [2.75, 3.05) is 5.32 Å². The summed E-state index contributed by atoms with van der Waals surface area (Å²) in [5.41, 5.74) is 9.11. The Kier molecular flexibility index (Phi) is 4.69. The number of nitrogens with zero attached hydrogens (tertiary/aromatic N) is 3. The molecular formula is C26H22N6S. The zero-order valence-corrected chi connectivity index (χ0v) is 19.1. The molecule has 33 heavy (non-hydrogen) atoms. The van der Waals surface area contributed by atoms with Gasteiger partial charge in [0.25, 0.3) is 0 Å². The van der Waals surface area contributed by atoms with Crippen molar-refractivity contribution in [2.24, 2.45) is 0 Å². The first-order chi connectivity index (χ1) is 16.2. The molecular weight excluding hydrogens is 428 g/mol. The molecule has 0 fully saturated rings. The van der Waals surface area contributed by atoms with Crippen LogP contribution in [0.15, 0.2) is 71.8 Å². The van der Waals surface area contributed by atoms with Crippen LogP contribution in [0.25, 0.3) is 55.6 Å². The first-order valence-electron chi connectivity index (χ1n) is 10.9. The van der Waals surface area contributed by atoms with Crippen molar-refractivity contribution in [3.05, 3.63) is 71.8 Å². The summed E-state index contributed by atoms with van der Waals surface area (Å²) in [6.45, 7) is 4.22. The highest BCUT2D eigenvalue weighted by molar-refractivity contribution is 7.08. The number of nitrogens with one attached hydrogen (secondary N) is 3. The summed E-state index contributed by atoms with van der Waals surface area (Å²) in [4.78, 5) is 12.6. The van der Waals surface area contributed by atoms with Crippen LogP contribution in [0.2, 0.25) is 0 Å². The van der Waals surface area contributed by atoms with E-state index in [4.69, 9.17) is 0 Å². The molecule has 1 aromatic carbocycles. The van der Waals surface area contributed by atoms with Crippen LogP contribution >= 0.6 is 11.3 Å². The lowest BCUT2D eigenvalue weighted by Crippen LogP contribution is -2.09. The van der Waals surface area contributed by atoms with Crippen LogP contribution in [0.3, 0.4) is 0 Å². The van der Waals surface area contributed by atoms with Gasteiger partial charge < -0.3 is 10.3 Å². The molecule has 5 aromatic heterocycles. The molecule has 5 heterocycles. The molecule has 0 spiro atoms. The molecule has 0 unspecified atom stereocenters. The number of anilines is 1. The Balaban J connectivity index is 1.45. The topological polar surface area (TPSA) is 82.3 Å². The molecule has 162 valence electrons. The van der Waals surface area contributed by atoms with Gasteiger partial charge in [0.05, 0.1) is 28.8 Å². The van der Waals surface area contributed by atoms with Gasteiger partial charge in [0.2, 0.25) is 0 Å². The van der Waals surface area contributed by atoms with Crippen LogP contribution < -0.4 is 5.32 Å². The standard InChI is InChI=1S/C26H22N6S/c1-15(2)29-18-8-17(11-27-12-18)23-10-21-25(13-28-23)31-32-26(21)24-9-20-19(16-6-7-33-14-16)4-3-5-22(20)30-24/h3-15,29-30H,1-2H3,(H,31,32). The highest BCUT2D eigenvalue weighted by Gasteiger charge is 2.15. The highest BCUT2D eigenvalue weighted by atomic mass is 32.1. The molecule has 0 amide bonds. The van der Waals surface area contributed by atoms with Gasteiger partial charge in [-0.2, -0.15) is 16.4 Å². The summed E-state index contributed by atoms with van der Waals surface area (Å²) in [6.07, 6.45) is 5.51. The number of hydrogen-bond donors (Lipinski definition) is 3. The van der Waals surface area contributed by atoms with Crippen LogP contribution in [0, 0.1) is 0 Å². The molecule has 0 radical (unpaired) electrons. The molecule has 0 aliphatic carbocycles. The minimum atomic E-state index is 0.332. The Morgan fingerprint density at radius 3 is 2.73 bits per heavy atom. The Morgan fingerprint density at radius 2 is 1.88 bits per heavy atom. The molecule has 0 atom stereocenters. The molecule has 6 rings (SSSR count). The Hall–Kier alpha value is -3.97. The highest BCUT2D eigenvalue weighted by Crippen LogP contribution is 2.35. The summed E-state index contributed by atoms with van der Waals surface area (Å²) in [6, 6.07) is 15.2. The van der Waals surface area contributed by atoms with Crippen LogP contribution in [0.1, 0.15) is 13.8 Å². The lowest BCUT2D eigenvalue weighted by molar-refractivity contribution is 0.898. The third-order valence-electron chi connectivity index (χ3n) is 5.69. The van der Waals surface area contributed by atoms with Crippen molar-refractivity contribution >= 4 is 38.8 Å². The van der Waals surface area contributed by atoms with E-state index >= 15 is 0 Å². The van der Waals surface area contributed by atoms with Crippen molar-refractivity contribution in [3.8, 4) is 33.8 Å². The quantitative estimate of drug-likeness (QED) is 0.272. The molecule has 0 aliphatic heterocycles. The number of H-pyrrole nitrogens is 2. The number of benzene rings is 1. The van der Waals surface area contributed by atoms with Gasteiger partial charge in [0.15, 0.2) is 0 Å². The fraction of sp³-hybridized carbons (Fsp3) is 0.115. The van der Waals surface area contributed by atoms with E-state index in [2.05, 4.69) is 97.5 Å². The first-order valence-corrected chi connectivity index (χ1v) is 11.8. The van der Waals surface area contributed by atoms with E-state index in [9.17, 15) is 0 Å². The molecule has 0 aliphatic rings. The average molecular weight is 451 g/mol. The number of hydrogen-bond acceptors (Lipinski definition) is 5. The summed E-state index contributed by atoms with van der Waals surface area (Å²) in [5, 5.41) is 17.7. The fourth-order valence-corrected chi connectivity index (χ4v) is 4.88. The zero-order valence-electron chi connectivity index (χ0n) is 18.3. The monoisotopic (exact) mass is 450 g/mol. The van der Waals surface area contributed by atoms with Gasteiger partial charge >= 0.3 is 0 Å². The summed E-state index contributed by atoms with van der Waals surface area (Å²) < 4.78 is 0. The van der Waals surface area contributed by atoms with Gasteiger partial charge in [-0.1, -0.05) is 12.1 Å². The molecule has 6 nitrogen and oxygen atoms in total. The predicted molar refractivity (Wildman–Crippen MR) is 136 cm³/mol. The molecule has 3 N–H and O–H groups in total. The van der Waals surface area contributed by atoms with Crippen molar-refractivity contribution < 1.29 is 0 Å². The lowest BCUT2D eigenvalue weighted by atomic mass is 10.0. The second kappa shape index (κ2) is 7.86. The average Bonchev–Trinajstić information content (AvgIpc) is 3.57. The third kappa shape index (κ3) is 3.56. The normalized spacial score (nSPS) is 11.6. The van der Waals surface area contributed by atoms with E-state index < -0.39 is 0 Å². The van der Waals surface area contributed by atoms with E-state index in [1.807, 2.05) is 18.6 Å². The minimum absolute atomic E-state index is 0.332. The Labute approximate surface area is 194 Å². The van der Waals surface area contributed by atoms with E-state index in [1.165, 1.54) is 16.5 Å². The maximum absolute atomic E-state index is 4.65. The van der Waals surface area contributed by atoms with Crippen molar-refractivity contribution in [1.82, 2.24) is 25.1 Å². The Morgan fingerprint density at radius 1 is 0.939 bits per heavy atom. The van der Waals surface area contributed by atoms with Crippen LogP contribution in [0.5, 0.6) is 0 Å². The van der Waals surface area contributed by atoms with Gasteiger partial charge in [0, 0.05) is 40.3 Å². The lowest BCUT2D eigenvalue weighted by Gasteiger charge is -2.10. The molecule has 0 saturated heterocycles. The first kappa shape index (κ1) is 19.7. The number of rotatable bonds is 5. The van der Waals surface area contributed by atoms with Gasteiger partial charge in [-0.05, 0) is 66.1 Å². The summed E-state index contributed by atoms with van der Waals surface area (Å²) in [7, 11) is 0. The van der Waals surface area contributed by atoms with Crippen LogP contribution in [-0.2, 0) is 0 Å². The fourth-order valence-electron chi connectivity index (χ4n) is 4.22. The smallest absolute Gasteiger partial charge is 0.116 e. The second-order valence-electron chi connectivity index (χ2n) is 8.41. The Bertz CT molecular complexity index is 1580. The SMILES string of the molecule is CC(C)Nc1cncc(-c2cc3c(-c4cc5c(-c6ccsc6)cccc5[nH]4)n[nH]c3cn2)c1. The van der Waals surface area contributed by atoms with Gasteiger partial charge in [-0.3, -0.25) is 15.1 Å². The summed E-state index contributed by atoms with van der Waals surface area (Å²) in [5.74, 6) is 0. The third-order valence-corrected chi connectivity index (χ3v) is 6.37. The van der Waals surface area contributed by atoms with Gasteiger partial charge in [0.1, 0.15) is 5.69 Å². The minimum Gasteiger partial charge on any atom is -0.382 e. The number of pyridine rings is 2. The van der Waals surface area contributed by atoms with Gasteiger partial charge in [-0.15, -0.1) is 0 Å². The van der Waals surface area contributed by atoms with E-state index in [0.29, 0.717) is 6.04 Å². The number of aromatic nitrogens is 5.